The van der Waals surface area contributed by atoms with E-state index in [0.29, 0.717) is 35.6 Å². The quantitative estimate of drug-likeness (QED) is 0.493. The first-order chi connectivity index (χ1) is 14.9. The Morgan fingerprint density at radius 3 is 2.55 bits per heavy atom. The van der Waals surface area contributed by atoms with E-state index in [1.807, 2.05) is 36.4 Å². The first-order valence-electron chi connectivity index (χ1n) is 10.3. The number of likely N-dealkylation sites (tertiary alicyclic amines) is 1. The predicted molar refractivity (Wildman–Crippen MR) is 117 cm³/mol. The van der Waals surface area contributed by atoms with E-state index in [2.05, 4.69) is 10.4 Å². The van der Waals surface area contributed by atoms with Crippen LogP contribution in [-0.2, 0) is 16.1 Å². The molecule has 1 N–H and O–H groups in total. The van der Waals surface area contributed by atoms with Crippen LogP contribution in [0.1, 0.15) is 40.2 Å². The SMILES string of the molecule is Cc1nn(-c2ccccc2)c(C)c1C(=O)C(=O)Nc1cccc(CN2CCCC2=O)c1. The van der Waals surface area contributed by atoms with Gasteiger partial charge in [-0.3, -0.25) is 14.4 Å². The zero-order chi connectivity index (χ0) is 22.0. The van der Waals surface area contributed by atoms with Crippen molar-refractivity contribution in [1.82, 2.24) is 14.7 Å². The molecule has 2 aromatic carbocycles. The summed E-state index contributed by atoms with van der Waals surface area (Å²) in [6.45, 7) is 4.75. The van der Waals surface area contributed by atoms with E-state index in [1.54, 1.807) is 41.6 Å². The van der Waals surface area contributed by atoms with Crippen LogP contribution in [0.5, 0.6) is 0 Å². The molecule has 2 amide bonds. The van der Waals surface area contributed by atoms with Crippen LogP contribution in [0.3, 0.4) is 0 Å². The second-order valence-corrected chi connectivity index (χ2v) is 7.70. The molecule has 0 saturated carbocycles. The lowest BCUT2D eigenvalue weighted by molar-refractivity contribution is -0.128. The number of benzene rings is 2. The van der Waals surface area contributed by atoms with Crippen LogP contribution in [0, 0.1) is 13.8 Å². The summed E-state index contributed by atoms with van der Waals surface area (Å²) in [6.07, 6.45) is 1.46. The Hall–Kier alpha value is -3.74. The topological polar surface area (TPSA) is 84.3 Å². The monoisotopic (exact) mass is 416 g/mol. The third-order valence-corrected chi connectivity index (χ3v) is 5.46. The van der Waals surface area contributed by atoms with E-state index in [0.717, 1.165) is 24.2 Å². The molecule has 0 radical (unpaired) electrons. The summed E-state index contributed by atoms with van der Waals surface area (Å²) < 4.78 is 1.67. The number of anilines is 1. The highest BCUT2D eigenvalue weighted by atomic mass is 16.2. The number of carbonyl (C=O) groups is 3. The fourth-order valence-corrected chi connectivity index (χ4v) is 3.93. The first kappa shape index (κ1) is 20.5. The van der Waals surface area contributed by atoms with Crippen LogP contribution < -0.4 is 5.32 Å². The lowest BCUT2D eigenvalue weighted by Crippen LogP contribution is -2.25. The molecule has 158 valence electrons. The summed E-state index contributed by atoms with van der Waals surface area (Å²) in [6, 6.07) is 16.7. The highest BCUT2D eigenvalue weighted by molar-refractivity contribution is 6.47. The Balaban J connectivity index is 1.51. The van der Waals surface area contributed by atoms with Crippen molar-refractivity contribution in [2.75, 3.05) is 11.9 Å². The zero-order valence-electron chi connectivity index (χ0n) is 17.6. The number of Topliss-reactive ketones (excluding diaryl/α,β-unsaturated/α-hetero) is 1. The number of amides is 2. The van der Waals surface area contributed by atoms with Gasteiger partial charge in [-0.1, -0.05) is 30.3 Å². The van der Waals surface area contributed by atoms with Gasteiger partial charge in [0.2, 0.25) is 5.91 Å². The number of nitrogens with one attached hydrogen (secondary N) is 1. The fraction of sp³-hybridized carbons (Fsp3) is 0.250. The lowest BCUT2D eigenvalue weighted by atomic mass is 10.1. The molecule has 31 heavy (non-hydrogen) atoms. The van der Waals surface area contributed by atoms with Crippen molar-refractivity contribution in [3.63, 3.8) is 0 Å². The number of carbonyl (C=O) groups excluding carboxylic acids is 3. The van der Waals surface area contributed by atoms with Crippen molar-refractivity contribution in [1.29, 1.82) is 0 Å². The number of para-hydroxylation sites is 1. The molecule has 1 saturated heterocycles. The number of hydrogen-bond donors (Lipinski definition) is 1. The van der Waals surface area contributed by atoms with Crippen LogP contribution in [-0.4, -0.2) is 38.8 Å². The Kier molecular flexibility index (Phi) is 5.66. The van der Waals surface area contributed by atoms with Crippen LogP contribution in [0.15, 0.2) is 54.6 Å². The van der Waals surface area contributed by atoms with E-state index in [1.165, 1.54) is 0 Å². The van der Waals surface area contributed by atoms with Crippen LogP contribution in [0.2, 0.25) is 0 Å². The Bertz CT molecular complexity index is 1150. The molecule has 1 fully saturated rings. The van der Waals surface area contributed by atoms with Gasteiger partial charge < -0.3 is 10.2 Å². The molecule has 7 heteroatoms. The van der Waals surface area contributed by atoms with Gasteiger partial charge in [0.05, 0.1) is 22.6 Å². The molecule has 7 nitrogen and oxygen atoms in total. The van der Waals surface area contributed by atoms with E-state index in [9.17, 15) is 14.4 Å². The van der Waals surface area contributed by atoms with E-state index >= 15 is 0 Å². The summed E-state index contributed by atoms with van der Waals surface area (Å²) in [4.78, 5) is 39.3. The summed E-state index contributed by atoms with van der Waals surface area (Å²) in [5, 5.41) is 7.14. The minimum Gasteiger partial charge on any atom is -0.338 e. The number of aromatic nitrogens is 2. The Labute approximate surface area is 180 Å². The van der Waals surface area contributed by atoms with Crippen molar-refractivity contribution in [2.45, 2.75) is 33.2 Å². The third-order valence-electron chi connectivity index (χ3n) is 5.46. The van der Waals surface area contributed by atoms with Crippen molar-refractivity contribution < 1.29 is 14.4 Å². The molecule has 0 spiro atoms. The van der Waals surface area contributed by atoms with Gasteiger partial charge >= 0.3 is 0 Å². The number of nitrogens with zero attached hydrogens (tertiary/aromatic N) is 3. The molecule has 0 atom stereocenters. The molecule has 1 aromatic heterocycles. The molecular weight excluding hydrogens is 392 g/mol. The molecule has 1 aliphatic rings. The predicted octanol–water partition coefficient (Wildman–Crippen LogP) is 3.43. The molecule has 1 aliphatic heterocycles. The molecule has 3 aromatic rings. The molecule has 0 aliphatic carbocycles. The molecular formula is C24H24N4O3. The Morgan fingerprint density at radius 1 is 1.06 bits per heavy atom. The van der Waals surface area contributed by atoms with Gasteiger partial charge in [0.1, 0.15) is 0 Å². The second-order valence-electron chi connectivity index (χ2n) is 7.70. The first-order valence-corrected chi connectivity index (χ1v) is 10.3. The smallest absolute Gasteiger partial charge is 0.296 e. The maximum Gasteiger partial charge on any atom is 0.296 e. The van der Waals surface area contributed by atoms with Gasteiger partial charge in [-0.25, -0.2) is 4.68 Å². The number of aryl methyl sites for hydroxylation is 1. The second kappa shape index (κ2) is 8.55. The fourth-order valence-electron chi connectivity index (χ4n) is 3.93. The highest BCUT2D eigenvalue weighted by Crippen LogP contribution is 2.20. The Morgan fingerprint density at radius 2 is 1.84 bits per heavy atom. The lowest BCUT2D eigenvalue weighted by Gasteiger charge is -2.16. The van der Waals surface area contributed by atoms with Gasteiger partial charge in [-0.15, -0.1) is 0 Å². The molecule has 0 bridgehead atoms. The molecule has 0 unspecified atom stereocenters. The van der Waals surface area contributed by atoms with E-state index in [4.69, 9.17) is 0 Å². The number of rotatable bonds is 6. The third kappa shape index (κ3) is 4.26. The van der Waals surface area contributed by atoms with Gasteiger partial charge in [0.25, 0.3) is 11.7 Å². The van der Waals surface area contributed by atoms with Crippen LogP contribution >= 0.6 is 0 Å². The molecule has 2 heterocycles. The molecule has 4 rings (SSSR count). The maximum absolute atomic E-state index is 12.9. The van der Waals surface area contributed by atoms with Gasteiger partial charge in [0.15, 0.2) is 0 Å². The summed E-state index contributed by atoms with van der Waals surface area (Å²) in [7, 11) is 0. The average Bonchev–Trinajstić information content (AvgIpc) is 3.30. The maximum atomic E-state index is 12.9. The highest BCUT2D eigenvalue weighted by Gasteiger charge is 2.25. The zero-order valence-corrected chi connectivity index (χ0v) is 17.6. The average molecular weight is 416 g/mol. The van der Waals surface area contributed by atoms with Crippen molar-refractivity contribution in [2.24, 2.45) is 0 Å². The van der Waals surface area contributed by atoms with Gasteiger partial charge in [0, 0.05) is 25.2 Å². The van der Waals surface area contributed by atoms with Crippen molar-refractivity contribution >= 4 is 23.3 Å². The largest absolute Gasteiger partial charge is 0.338 e. The number of hydrogen-bond acceptors (Lipinski definition) is 4. The van der Waals surface area contributed by atoms with E-state index < -0.39 is 11.7 Å². The summed E-state index contributed by atoms with van der Waals surface area (Å²) >= 11 is 0. The van der Waals surface area contributed by atoms with Gasteiger partial charge in [-0.05, 0) is 50.1 Å². The van der Waals surface area contributed by atoms with Crippen molar-refractivity contribution in [3.8, 4) is 5.69 Å². The summed E-state index contributed by atoms with van der Waals surface area (Å²) in [5.41, 5.74) is 3.68. The van der Waals surface area contributed by atoms with Crippen LogP contribution in [0.4, 0.5) is 5.69 Å². The normalized spacial score (nSPS) is 13.5. The standard InChI is InChI=1S/C24H24N4O3/c1-16-22(17(2)28(26-16)20-10-4-3-5-11-20)23(30)24(31)25-19-9-6-8-18(14-19)15-27-13-7-12-21(27)29/h3-6,8-11,14H,7,12-13,15H2,1-2H3,(H,25,31). The van der Waals surface area contributed by atoms with Crippen LogP contribution in [0.25, 0.3) is 5.69 Å². The van der Waals surface area contributed by atoms with E-state index in [-0.39, 0.29) is 5.91 Å². The summed E-state index contributed by atoms with van der Waals surface area (Å²) in [5.74, 6) is -1.20. The van der Waals surface area contributed by atoms with Crippen molar-refractivity contribution in [3.05, 3.63) is 77.1 Å². The number of ketones is 1. The minimum absolute atomic E-state index is 0.144. The minimum atomic E-state index is -0.715. The van der Waals surface area contributed by atoms with Gasteiger partial charge in [-0.2, -0.15) is 5.10 Å².